The van der Waals surface area contributed by atoms with Gasteiger partial charge in [-0.25, -0.2) is 0 Å². The molecule has 0 aliphatic carbocycles. The Morgan fingerprint density at radius 3 is 1.83 bits per heavy atom. The van der Waals surface area contributed by atoms with Crippen LogP contribution in [0.2, 0.25) is 0 Å². The number of hydrogen-bond acceptors (Lipinski definition) is 1. The first-order valence-corrected chi connectivity index (χ1v) is 7.29. The molecule has 0 aromatic carbocycles. The zero-order valence-corrected chi connectivity index (χ0v) is 11.7. The first kappa shape index (κ1) is 16.9. The molecule has 0 amide bonds. The third-order valence-corrected chi connectivity index (χ3v) is 2.81. The van der Waals surface area contributed by atoms with Gasteiger partial charge in [-0.3, -0.25) is 4.79 Å². The summed E-state index contributed by atoms with van der Waals surface area (Å²) < 4.78 is 0. The second kappa shape index (κ2) is 14.0. The fraction of sp³-hybridized carbons (Fsp3) is 0.688. The van der Waals surface area contributed by atoms with Gasteiger partial charge >= 0.3 is 5.97 Å². The summed E-state index contributed by atoms with van der Waals surface area (Å²) >= 11 is 0. The summed E-state index contributed by atoms with van der Waals surface area (Å²) in [6, 6.07) is 0. The molecular weight excluding hydrogens is 224 g/mol. The van der Waals surface area contributed by atoms with Crippen LogP contribution in [0.25, 0.3) is 0 Å². The molecule has 0 bridgehead atoms. The van der Waals surface area contributed by atoms with Gasteiger partial charge in [0.25, 0.3) is 0 Å². The van der Waals surface area contributed by atoms with Crippen LogP contribution in [-0.4, -0.2) is 11.1 Å². The van der Waals surface area contributed by atoms with Crippen LogP contribution in [0.5, 0.6) is 0 Å². The zero-order valence-electron chi connectivity index (χ0n) is 11.7. The topological polar surface area (TPSA) is 37.3 Å². The second-order valence-corrected chi connectivity index (χ2v) is 4.66. The van der Waals surface area contributed by atoms with E-state index in [9.17, 15) is 4.79 Å². The molecule has 0 saturated heterocycles. The Labute approximate surface area is 112 Å². The molecule has 0 atom stereocenters. The number of hydrogen-bond donors (Lipinski definition) is 1. The number of allylic oxidation sites excluding steroid dienone is 4. The molecule has 0 aromatic rings. The quantitative estimate of drug-likeness (QED) is 0.387. The predicted octanol–water partition coefficient (Wildman–Crippen LogP) is 5.10. The molecule has 0 aliphatic heterocycles. The Morgan fingerprint density at radius 1 is 0.833 bits per heavy atom. The number of carboxylic acids is 1. The van der Waals surface area contributed by atoms with Gasteiger partial charge in [-0.15, -0.1) is 0 Å². The molecule has 0 aromatic heterocycles. The number of carboxylic acid groups (broad SMARTS) is 1. The Kier molecular flexibility index (Phi) is 13.2. The van der Waals surface area contributed by atoms with Gasteiger partial charge in [-0.2, -0.15) is 0 Å². The molecular formula is C16H28O2. The van der Waals surface area contributed by atoms with E-state index in [0.29, 0.717) is 0 Å². The number of unbranched alkanes of at least 4 members (excludes halogenated alkanes) is 6. The van der Waals surface area contributed by atoms with Crippen molar-refractivity contribution in [1.29, 1.82) is 0 Å². The van der Waals surface area contributed by atoms with Crippen molar-refractivity contribution in [3.8, 4) is 0 Å². The van der Waals surface area contributed by atoms with Crippen LogP contribution in [0.4, 0.5) is 0 Å². The van der Waals surface area contributed by atoms with E-state index < -0.39 is 5.97 Å². The first-order chi connectivity index (χ1) is 8.77. The van der Waals surface area contributed by atoms with Crippen molar-refractivity contribution in [1.82, 2.24) is 0 Å². The highest BCUT2D eigenvalue weighted by molar-refractivity contribution is 5.66. The molecule has 0 radical (unpaired) electrons. The van der Waals surface area contributed by atoms with E-state index in [4.69, 9.17) is 5.11 Å². The molecule has 0 spiro atoms. The molecule has 0 unspecified atom stereocenters. The fourth-order valence-electron chi connectivity index (χ4n) is 1.71. The van der Waals surface area contributed by atoms with Crippen LogP contribution in [0.3, 0.4) is 0 Å². The molecule has 0 saturated carbocycles. The highest BCUT2D eigenvalue weighted by atomic mass is 16.4. The lowest BCUT2D eigenvalue weighted by Crippen LogP contribution is -1.92. The molecule has 18 heavy (non-hydrogen) atoms. The van der Waals surface area contributed by atoms with Crippen molar-refractivity contribution in [3.05, 3.63) is 24.3 Å². The van der Waals surface area contributed by atoms with E-state index >= 15 is 0 Å². The lowest BCUT2D eigenvalue weighted by atomic mass is 10.1. The largest absolute Gasteiger partial charge is 0.481 e. The Morgan fingerprint density at radius 2 is 1.33 bits per heavy atom. The highest BCUT2D eigenvalue weighted by Crippen LogP contribution is 2.04. The number of rotatable bonds is 12. The van der Waals surface area contributed by atoms with Crippen LogP contribution in [-0.2, 0) is 4.79 Å². The summed E-state index contributed by atoms with van der Waals surface area (Å²) in [7, 11) is 0. The first-order valence-electron chi connectivity index (χ1n) is 7.29. The van der Waals surface area contributed by atoms with E-state index in [-0.39, 0.29) is 6.42 Å². The van der Waals surface area contributed by atoms with Crippen LogP contribution in [0, 0.1) is 0 Å². The van der Waals surface area contributed by atoms with Gasteiger partial charge in [-0.05, 0) is 44.9 Å². The molecule has 0 rings (SSSR count). The Hall–Kier alpha value is -1.05. The molecule has 104 valence electrons. The lowest BCUT2D eigenvalue weighted by molar-refractivity contribution is -0.137. The summed E-state index contributed by atoms with van der Waals surface area (Å²) in [4.78, 5) is 10.3. The van der Waals surface area contributed by atoms with E-state index in [2.05, 4.69) is 31.2 Å². The predicted molar refractivity (Wildman–Crippen MR) is 77.8 cm³/mol. The van der Waals surface area contributed by atoms with E-state index in [1.165, 1.54) is 32.1 Å². The fourth-order valence-corrected chi connectivity index (χ4v) is 1.71. The van der Waals surface area contributed by atoms with Gasteiger partial charge in [-0.1, -0.05) is 44.1 Å². The SMILES string of the molecule is CCCCC/C=C\CCC/C=C/CCCC(=O)O. The Bertz CT molecular complexity index is 241. The third-order valence-electron chi connectivity index (χ3n) is 2.81. The summed E-state index contributed by atoms with van der Waals surface area (Å²) in [5, 5.41) is 8.46. The summed E-state index contributed by atoms with van der Waals surface area (Å²) in [5.41, 5.74) is 0. The number of aliphatic carboxylic acids is 1. The number of carbonyl (C=O) groups is 1. The Balaban J connectivity index is 3.19. The molecule has 0 aliphatic rings. The summed E-state index contributed by atoms with van der Waals surface area (Å²) in [5.74, 6) is -0.698. The minimum Gasteiger partial charge on any atom is -0.481 e. The standard InChI is InChI=1S/C16H28O2/c1-2-3-4-5-6-7-8-9-10-11-12-13-14-15-16(17)18/h6-7,11-12H,2-5,8-10,13-15H2,1H3,(H,17,18)/b7-6-,12-11+. The second-order valence-electron chi connectivity index (χ2n) is 4.66. The molecule has 2 heteroatoms. The van der Waals surface area contributed by atoms with Gasteiger partial charge in [0.05, 0.1) is 0 Å². The monoisotopic (exact) mass is 252 g/mol. The molecule has 0 heterocycles. The maximum atomic E-state index is 10.3. The molecule has 2 nitrogen and oxygen atoms in total. The van der Waals surface area contributed by atoms with Gasteiger partial charge in [0.15, 0.2) is 0 Å². The summed E-state index contributed by atoms with van der Waals surface area (Å²) in [6.45, 7) is 2.23. The van der Waals surface area contributed by atoms with Crippen molar-refractivity contribution in [2.24, 2.45) is 0 Å². The zero-order chi connectivity index (χ0) is 13.5. The average Bonchev–Trinajstić information content (AvgIpc) is 2.34. The van der Waals surface area contributed by atoms with Crippen molar-refractivity contribution in [2.75, 3.05) is 0 Å². The van der Waals surface area contributed by atoms with Crippen LogP contribution >= 0.6 is 0 Å². The van der Waals surface area contributed by atoms with Gasteiger partial charge in [0.2, 0.25) is 0 Å². The van der Waals surface area contributed by atoms with Gasteiger partial charge < -0.3 is 5.11 Å². The van der Waals surface area contributed by atoms with Crippen molar-refractivity contribution in [3.63, 3.8) is 0 Å². The highest BCUT2D eigenvalue weighted by Gasteiger charge is 1.92. The van der Waals surface area contributed by atoms with E-state index in [1.54, 1.807) is 0 Å². The van der Waals surface area contributed by atoms with Gasteiger partial charge in [0, 0.05) is 6.42 Å². The maximum Gasteiger partial charge on any atom is 0.303 e. The average molecular weight is 252 g/mol. The molecule has 1 N–H and O–H groups in total. The maximum absolute atomic E-state index is 10.3. The van der Waals surface area contributed by atoms with E-state index in [0.717, 1.165) is 25.7 Å². The third kappa shape index (κ3) is 14.9. The minimum atomic E-state index is -0.698. The normalized spacial score (nSPS) is 11.6. The van der Waals surface area contributed by atoms with Crippen LogP contribution in [0.1, 0.15) is 71.1 Å². The molecule has 0 fully saturated rings. The van der Waals surface area contributed by atoms with Gasteiger partial charge in [0.1, 0.15) is 0 Å². The van der Waals surface area contributed by atoms with E-state index in [1.807, 2.05) is 0 Å². The smallest absolute Gasteiger partial charge is 0.303 e. The van der Waals surface area contributed by atoms with Crippen LogP contribution < -0.4 is 0 Å². The summed E-state index contributed by atoms with van der Waals surface area (Å²) in [6.07, 6.45) is 19.4. The lowest BCUT2D eigenvalue weighted by Gasteiger charge is -1.93. The van der Waals surface area contributed by atoms with Crippen molar-refractivity contribution >= 4 is 5.97 Å². The van der Waals surface area contributed by atoms with Crippen molar-refractivity contribution < 1.29 is 9.90 Å². The van der Waals surface area contributed by atoms with Crippen LogP contribution in [0.15, 0.2) is 24.3 Å². The van der Waals surface area contributed by atoms with Crippen molar-refractivity contribution in [2.45, 2.75) is 71.1 Å². The minimum absolute atomic E-state index is 0.283.